The van der Waals surface area contributed by atoms with Crippen molar-refractivity contribution in [3.05, 3.63) is 34.4 Å². The van der Waals surface area contributed by atoms with Crippen molar-refractivity contribution in [2.75, 3.05) is 31.6 Å². The van der Waals surface area contributed by atoms with Gasteiger partial charge < -0.3 is 14.8 Å². The van der Waals surface area contributed by atoms with E-state index < -0.39 is 29.5 Å². The number of esters is 1. The van der Waals surface area contributed by atoms with Gasteiger partial charge >= 0.3 is 12.1 Å². The van der Waals surface area contributed by atoms with Crippen LogP contribution >= 0.6 is 0 Å². The monoisotopic (exact) mass is 351 g/mol. The number of rotatable bonds is 8. The summed E-state index contributed by atoms with van der Waals surface area (Å²) in [5.41, 5.74) is 0.316. The summed E-state index contributed by atoms with van der Waals surface area (Å²) in [4.78, 5) is 45.7. The first kappa shape index (κ1) is 18.2. The van der Waals surface area contributed by atoms with Crippen molar-refractivity contribution < 1.29 is 28.8 Å². The minimum atomic E-state index is -0.741. The van der Waals surface area contributed by atoms with Crippen molar-refractivity contribution in [2.24, 2.45) is 0 Å². The van der Waals surface area contributed by atoms with Crippen molar-refractivity contribution in [1.82, 2.24) is 4.90 Å². The Balaban J connectivity index is 1.66. The molecule has 0 atom stereocenters. The zero-order chi connectivity index (χ0) is 18.2. The van der Waals surface area contributed by atoms with Gasteiger partial charge in [0.25, 0.3) is 11.6 Å². The van der Waals surface area contributed by atoms with Gasteiger partial charge in [0.2, 0.25) is 0 Å². The largest absolute Gasteiger partial charge is 0.456 e. The molecule has 0 aliphatic carbocycles. The van der Waals surface area contributed by atoms with Crippen molar-refractivity contribution in [3.63, 3.8) is 0 Å². The van der Waals surface area contributed by atoms with Gasteiger partial charge in [0.1, 0.15) is 12.3 Å². The maximum atomic E-state index is 11.6. The minimum absolute atomic E-state index is 0.0331. The highest BCUT2D eigenvalue weighted by molar-refractivity contribution is 5.94. The second kappa shape index (κ2) is 8.62. The summed E-state index contributed by atoms with van der Waals surface area (Å²) in [6.07, 6.45) is -0.342. The predicted molar refractivity (Wildman–Crippen MR) is 84.8 cm³/mol. The lowest BCUT2D eigenvalue weighted by Crippen LogP contribution is -2.35. The molecule has 0 saturated carbocycles. The van der Waals surface area contributed by atoms with E-state index in [4.69, 9.17) is 4.74 Å². The summed E-state index contributed by atoms with van der Waals surface area (Å²) in [5.74, 6) is -1.22. The fraction of sp³-hybridized carbons (Fsp3) is 0.400. The summed E-state index contributed by atoms with van der Waals surface area (Å²) in [6, 6.07) is 6.18. The van der Waals surface area contributed by atoms with Gasteiger partial charge in [-0.2, -0.15) is 0 Å². The molecule has 0 radical (unpaired) electrons. The highest BCUT2D eigenvalue weighted by Crippen LogP contribution is 2.22. The van der Waals surface area contributed by atoms with Gasteiger partial charge in [-0.15, -0.1) is 0 Å². The second-order valence-corrected chi connectivity index (χ2v) is 5.13. The number of imide groups is 1. The summed E-state index contributed by atoms with van der Waals surface area (Å²) in [5, 5.41) is 13.7. The van der Waals surface area contributed by atoms with Gasteiger partial charge in [0, 0.05) is 19.0 Å². The normalized spacial score (nSPS) is 13.3. The van der Waals surface area contributed by atoms with Gasteiger partial charge in [-0.25, -0.2) is 9.69 Å². The third-order valence-corrected chi connectivity index (χ3v) is 3.39. The van der Waals surface area contributed by atoms with E-state index in [1.54, 1.807) is 18.2 Å². The molecule has 10 nitrogen and oxygen atoms in total. The number of ether oxygens (including phenoxy) is 2. The molecule has 1 aromatic carbocycles. The number of nitrogens with zero attached hydrogens (tertiary/aromatic N) is 2. The summed E-state index contributed by atoms with van der Waals surface area (Å²) in [6.45, 7) is 0.0860. The van der Waals surface area contributed by atoms with Crippen LogP contribution in [0.25, 0.3) is 0 Å². The number of carbonyl (C=O) groups is 3. The van der Waals surface area contributed by atoms with E-state index in [9.17, 15) is 24.5 Å². The van der Waals surface area contributed by atoms with Gasteiger partial charge in [0.05, 0.1) is 11.5 Å². The summed E-state index contributed by atoms with van der Waals surface area (Å²) < 4.78 is 9.42. The number of nitro groups is 1. The van der Waals surface area contributed by atoms with E-state index in [1.165, 1.54) is 6.07 Å². The molecule has 2 amide bonds. The Labute approximate surface area is 142 Å². The molecule has 0 spiro atoms. The number of anilines is 1. The molecule has 0 aromatic heterocycles. The van der Waals surface area contributed by atoms with Gasteiger partial charge in [-0.1, -0.05) is 12.1 Å². The number of nitrogens with one attached hydrogen (secondary N) is 1. The van der Waals surface area contributed by atoms with E-state index in [2.05, 4.69) is 10.1 Å². The van der Waals surface area contributed by atoms with Crippen LogP contribution in [-0.2, 0) is 19.1 Å². The van der Waals surface area contributed by atoms with Crippen LogP contribution in [0.15, 0.2) is 24.3 Å². The van der Waals surface area contributed by atoms with Crippen LogP contribution in [-0.4, -0.2) is 54.1 Å². The molecule has 1 aliphatic rings. The molecule has 1 aromatic rings. The van der Waals surface area contributed by atoms with Crippen molar-refractivity contribution in [2.45, 2.75) is 12.8 Å². The minimum Gasteiger partial charge on any atom is -0.456 e. The average molecular weight is 351 g/mol. The van der Waals surface area contributed by atoms with E-state index in [-0.39, 0.29) is 25.3 Å². The lowest BCUT2D eigenvalue weighted by atomic mass is 10.2. The van der Waals surface area contributed by atoms with Gasteiger partial charge in [0.15, 0.2) is 6.61 Å². The SMILES string of the molecule is O=C(CCCNc1ccccc1[N+](=O)[O-])OCC(=O)N1CCOC1=O. The van der Waals surface area contributed by atoms with Gasteiger partial charge in [-0.05, 0) is 12.5 Å². The number of benzene rings is 1. The molecule has 1 heterocycles. The summed E-state index contributed by atoms with van der Waals surface area (Å²) in [7, 11) is 0. The van der Waals surface area contributed by atoms with Crippen LogP contribution in [0.5, 0.6) is 0 Å². The first-order valence-corrected chi connectivity index (χ1v) is 7.59. The standard InChI is InChI=1S/C15H17N3O7/c19-13(17-8-9-24-15(17)21)10-25-14(20)6-3-7-16-11-4-1-2-5-12(11)18(22)23/h1-2,4-5,16H,3,6-10H2. The fourth-order valence-corrected chi connectivity index (χ4v) is 2.15. The Morgan fingerprint density at radius 2 is 2.12 bits per heavy atom. The van der Waals surface area contributed by atoms with E-state index in [0.29, 0.717) is 18.7 Å². The van der Waals surface area contributed by atoms with Crippen molar-refractivity contribution in [1.29, 1.82) is 0 Å². The topological polar surface area (TPSA) is 128 Å². The Bertz CT molecular complexity index is 677. The predicted octanol–water partition coefficient (Wildman–Crippen LogP) is 1.31. The Morgan fingerprint density at radius 1 is 1.36 bits per heavy atom. The van der Waals surface area contributed by atoms with Gasteiger partial charge in [-0.3, -0.25) is 19.7 Å². The fourth-order valence-electron chi connectivity index (χ4n) is 2.15. The molecule has 2 rings (SSSR count). The molecule has 0 unspecified atom stereocenters. The molecular formula is C15H17N3O7. The van der Waals surface area contributed by atoms with Crippen LogP contribution in [0.4, 0.5) is 16.2 Å². The van der Waals surface area contributed by atoms with Crippen LogP contribution in [0.3, 0.4) is 0 Å². The lowest BCUT2D eigenvalue weighted by molar-refractivity contribution is -0.384. The first-order valence-electron chi connectivity index (χ1n) is 7.59. The van der Waals surface area contributed by atoms with Crippen molar-refractivity contribution in [3.8, 4) is 0 Å². The molecule has 10 heteroatoms. The van der Waals surface area contributed by atoms with Crippen LogP contribution < -0.4 is 5.32 Å². The Hall–Kier alpha value is -3.17. The Morgan fingerprint density at radius 3 is 2.80 bits per heavy atom. The molecule has 1 N–H and O–H groups in total. The lowest BCUT2D eigenvalue weighted by Gasteiger charge is -2.11. The third-order valence-electron chi connectivity index (χ3n) is 3.39. The van der Waals surface area contributed by atoms with E-state index in [1.807, 2.05) is 0 Å². The molecule has 1 fully saturated rings. The molecule has 134 valence electrons. The van der Waals surface area contributed by atoms with Crippen LogP contribution in [0.2, 0.25) is 0 Å². The van der Waals surface area contributed by atoms with Crippen LogP contribution in [0, 0.1) is 10.1 Å². The van der Waals surface area contributed by atoms with Crippen LogP contribution in [0.1, 0.15) is 12.8 Å². The molecular weight excluding hydrogens is 334 g/mol. The number of hydrogen-bond acceptors (Lipinski definition) is 8. The maximum absolute atomic E-state index is 11.6. The first-order chi connectivity index (χ1) is 12.0. The number of amides is 2. The number of hydrogen-bond donors (Lipinski definition) is 1. The highest BCUT2D eigenvalue weighted by atomic mass is 16.6. The number of carbonyl (C=O) groups excluding carboxylic acids is 3. The molecule has 0 bridgehead atoms. The third kappa shape index (κ3) is 5.16. The Kier molecular flexibility index (Phi) is 6.26. The smallest absolute Gasteiger partial charge is 0.416 e. The molecule has 1 aliphatic heterocycles. The van der Waals surface area contributed by atoms with Crippen molar-refractivity contribution >= 4 is 29.3 Å². The zero-order valence-electron chi connectivity index (χ0n) is 13.3. The van der Waals surface area contributed by atoms with E-state index in [0.717, 1.165) is 4.90 Å². The zero-order valence-corrected chi connectivity index (χ0v) is 13.3. The molecule has 25 heavy (non-hydrogen) atoms. The number of para-hydroxylation sites is 2. The second-order valence-electron chi connectivity index (χ2n) is 5.13. The number of nitro benzene ring substituents is 1. The maximum Gasteiger partial charge on any atom is 0.416 e. The highest BCUT2D eigenvalue weighted by Gasteiger charge is 2.28. The average Bonchev–Trinajstić information content (AvgIpc) is 3.03. The summed E-state index contributed by atoms with van der Waals surface area (Å²) >= 11 is 0. The molecule has 1 saturated heterocycles. The quantitative estimate of drug-likeness (QED) is 0.321. The van der Waals surface area contributed by atoms with E-state index >= 15 is 0 Å². The number of cyclic esters (lactones) is 1.